The van der Waals surface area contributed by atoms with Crippen molar-refractivity contribution in [2.75, 3.05) is 0 Å². The molecule has 1 aliphatic heterocycles. The second kappa shape index (κ2) is 4.47. The van der Waals surface area contributed by atoms with Crippen molar-refractivity contribution in [2.45, 2.75) is 44.6 Å². The van der Waals surface area contributed by atoms with Crippen LogP contribution < -0.4 is 4.57 Å². The maximum atomic E-state index is 2.63. The summed E-state index contributed by atoms with van der Waals surface area (Å²) in [4.78, 5) is 0. The Kier molecular flexibility index (Phi) is 2.65. The smallest absolute Gasteiger partial charge is 0.191 e. The van der Waals surface area contributed by atoms with Gasteiger partial charge in [-0.15, -0.1) is 0 Å². The van der Waals surface area contributed by atoms with E-state index < -0.39 is 0 Å². The van der Waals surface area contributed by atoms with Gasteiger partial charge in [0.15, 0.2) is 11.7 Å². The van der Waals surface area contributed by atoms with Crippen LogP contribution in [0.25, 0.3) is 22.0 Å². The summed E-state index contributed by atoms with van der Waals surface area (Å²) in [6.45, 7) is 7.20. The molecule has 0 bridgehead atoms. The van der Waals surface area contributed by atoms with E-state index in [1.807, 2.05) is 0 Å². The third kappa shape index (κ3) is 1.29. The Bertz CT molecular complexity index is 973. The Hall–Kier alpha value is -2.15. The van der Waals surface area contributed by atoms with E-state index in [1.165, 1.54) is 34.9 Å². The molecule has 1 nitrogen and oxygen atoms in total. The van der Waals surface area contributed by atoms with E-state index in [0.29, 0.717) is 11.3 Å². The number of hydrogen-bond donors (Lipinski definition) is 0. The summed E-state index contributed by atoms with van der Waals surface area (Å²) in [5.74, 6) is 0.675. The van der Waals surface area contributed by atoms with E-state index in [2.05, 4.69) is 86.1 Å². The third-order valence-electron chi connectivity index (χ3n) is 7.19. The summed E-state index contributed by atoms with van der Waals surface area (Å²) in [5.41, 5.74) is 4.94. The number of rotatable bonds is 2. The van der Waals surface area contributed by atoms with Crippen molar-refractivity contribution >= 4 is 10.8 Å². The van der Waals surface area contributed by atoms with Gasteiger partial charge >= 0.3 is 0 Å². The molecule has 1 aliphatic carbocycles. The van der Waals surface area contributed by atoms with Crippen LogP contribution in [-0.4, -0.2) is 0 Å². The maximum absolute atomic E-state index is 2.63. The summed E-state index contributed by atoms with van der Waals surface area (Å²) in [6, 6.07) is 20.3. The molecule has 0 spiro atoms. The minimum absolute atomic E-state index is 0.232. The van der Waals surface area contributed by atoms with E-state index in [1.54, 1.807) is 5.56 Å². The molecule has 2 aliphatic rings. The molecular formula is C23H24N+. The molecule has 0 radical (unpaired) electrons. The molecule has 2 aromatic carbocycles. The summed E-state index contributed by atoms with van der Waals surface area (Å²) in [7, 11) is 0. The molecule has 0 N–H and O–H groups in total. The fraction of sp³-hybridized carbons (Fsp3) is 0.348. The third-order valence-corrected chi connectivity index (χ3v) is 7.19. The highest BCUT2D eigenvalue weighted by Crippen LogP contribution is 2.71. The SMILES string of the molecule is CCC12c3ccccc3-c3c4ccccc4cc[n+]3C1(CC)C2C. The fourth-order valence-corrected chi connectivity index (χ4v) is 6.18. The molecule has 1 aromatic heterocycles. The average molecular weight is 314 g/mol. The van der Waals surface area contributed by atoms with Crippen molar-refractivity contribution in [3.63, 3.8) is 0 Å². The van der Waals surface area contributed by atoms with Gasteiger partial charge in [-0.05, 0) is 29.5 Å². The van der Waals surface area contributed by atoms with Crippen molar-refractivity contribution in [1.29, 1.82) is 0 Å². The zero-order valence-corrected chi connectivity index (χ0v) is 14.7. The first kappa shape index (κ1) is 14.2. The van der Waals surface area contributed by atoms with Crippen LogP contribution in [-0.2, 0) is 11.0 Å². The van der Waals surface area contributed by atoms with Crippen LogP contribution in [0.2, 0.25) is 0 Å². The molecule has 1 saturated carbocycles. The van der Waals surface area contributed by atoms with Crippen molar-refractivity contribution in [2.24, 2.45) is 5.92 Å². The molecule has 0 amide bonds. The lowest BCUT2D eigenvalue weighted by Gasteiger charge is -2.29. The lowest BCUT2D eigenvalue weighted by atomic mass is 9.79. The average Bonchev–Trinajstić information content (AvgIpc) is 3.21. The predicted octanol–water partition coefficient (Wildman–Crippen LogP) is 5.21. The van der Waals surface area contributed by atoms with Crippen molar-refractivity contribution in [1.82, 2.24) is 0 Å². The molecule has 2 heterocycles. The Labute approximate surface area is 144 Å². The molecular weight excluding hydrogens is 290 g/mol. The van der Waals surface area contributed by atoms with Gasteiger partial charge in [-0.25, -0.2) is 0 Å². The second-order valence-corrected chi connectivity index (χ2v) is 7.49. The van der Waals surface area contributed by atoms with Gasteiger partial charge < -0.3 is 0 Å². The first-order chi connectivity index (χ1) is 11.7. The van der Waals surface area contributed by atoms with Crippen LogP contribution in [0.4, 0.5) is 0 Å². The Balaban J connectivity index is 1.98. The fourth-order valence-electron chi connectivity index (χ4n) is 6.18. The molecule has 5 rings (SSSR count). The number of fused-ring (bicyclic) bond motifs is 8. The summed E-state index contributed by atoms with van der Waals surface area (Å²) in [6.07, 6.45) is 4.75. The quantitative estimate of drug-likeness (QED) is 0.572. The molecule has 120 valence electrons. The number of nitrogens with zero attached hydrogens (tertiary/aromatic N) is 1. The van der Waals surface area contributed by atoms with Crippen LogP contribution >= 0.6 is 0 Å². The largest absolute Gasteiger partial charge is 0.221 e. The van der Waals surface area contributed by atoms with Gasteiger partial charge in [-0.2, -0.15) is 4.57 Å². The number of benzene rings is 2. The first-order valence-electron chi connectivity index (χ1n) is 9.26. The van der Waals surface area contributed by atoms with Gasteiger partial charge in [0, 0.05) is 18.4 Å². The van der Waals surface area contributed by atoms with E-state index >= 15 is 0 Å². The van der Waals surface area contributed by atoms with Crippen LogP contribution in [0.5, 0.6) is 0 Å². The normalized spacial score (nSPS) is 29.7. The molecule has 3 unspecified atom stereocenters. The van der Waals surface area contributed by atoms with E-state index in [-0.39, 0.29) is 5.54 Å². The van der Waals surface area contributed by atoms with E-state index in [4.69, 9.17) is 0 Å². The molecule has 3 aromatic rings. The highest BCUT2D eigenvalue weighted by molar-refractivity contribution is 5.94. The number of aromatic nitrogens is 1. The maximum Gasteiger partial charge on any atom is 0.221 e. The highest BCUT2D eigenvalue weighted by Gasteiger charge is 2.82. The molecule has 3 atom stereocenters. The standard InChI is InChI=1S/C23H24N/c1-4-22-16(3)23(22,5-2)24-15-14-17-10-6-7-11-18(17)21(24)19-12-8-9-13-20(19)22/h6-16H,4-5H2,1-3H3/q+1. The van der Waals surface area contributed by atoms with E-state index in [9.17, 15) is 0 Å². The second-order valence-electron chi connectivity index (χ2n) is 7.49. The summed E-state index contributed by atoms with van der Waals surface area (Å²) < 4.78 is 2.63. The van der Waals surface area contributed by atoms with Gasteiger partial charge in [0.1, 0.15) is 0 Å². The van der Waals surface area contributed by atoms with Gasteiger partial charge in [0.2, 0.25) is 5.69 Å². The van der Waals surface area contributed by atoms with Crippen LogP contribution in [0.1, 0.15) is 39.2 Å². The molecule has 0 saturated heterocycles. The zero-order chi connectivity index (χ0) is 16.5. The van der Waals surface area contributed by atoms with Crippen molar-refractivity contribution in [3.05, 3.63) is 66.4 Å². The summed E-state index contributed by atoms with van der Waals surface area (Å²) in [5, 5.41) is 2.71. The Morgan fingerprint density at radius 3 is 2.46 bits per heavy atom. The predicted molar refractivity (Wildman–Crippen MR) is 99.0 cm³/mol. The molecule has 24 heavy (non-hydrogen) atoms. The van der Waals surface area contributed by atoms with Gasteiger partial charge in [0.05, 0.1) is 16.4 Å². The lowest BCUT2D eigenvalue weighted by molar-refractivity contribution is -0.737. The number of pyridine rings is 1. The zero-order valence-electron chi connectivity index (χ0n) is 14.7. The van der Waals surface area contributed by atoms with Gasteiger partial charge in [0.25, 0.3) is 0 Å². The van der Waals surface area contributed by atoms with Crippen LogP contribution in [0, 0.1) is 5.92 Å². The minimum atomic E-state index is 0.232. The van der Waals surface area contributed by atoms with Crippen LogP contribution in [0.3, 0.4) is 0 Å². The number of hydrogen-bond acceptors (Lipinski definition) is 0. The summed E-state index contributed by atoms with van der Waals surface area (Å²) >= 11 is 0. The first-order valence-corrected chi connectivity index (χ1v) is 9.26. The molecule has 1 heteroatoms. The minimum Gasteiger partial charge on any atom is -0.191 e. The topological polar surface area (TPSA) is 3.88 Å². The van der Waals surface area contributed by atoms with Crippen molar-refractivity contribution in [3.8, 4) is 11.3 Å². The van der Waals surface area contributed by atoms with Crippen LogP contribution in [0.15, 0.2) is 60.8 Å². The lowest BCUT2D eigenvalue weighted by Crippen LogP contribution is -2.55. The Morgan fingerprint density at radius 2 is 1.67 bits per heavy atom. The van der Waals surface area contributed by atoms with Gasteiger partial charge in [-0.3, -0.25) is 0 Å². The highest BCUT2D eigenvalue weighted by atomic mass is 15.2. The van der Waals surface area contributed by atoms with Gasteiger partial charge in [-0.1, -0.05) is 57.2 Å². The molecule has 1 fully saturated rings. The van der Waals surface area contributed by atoms with E-state index in [0.717, 1.165) is 0 Å². The Morgan fingerprint density at radius 1 is 0.917 bits per heavy atom. The van der Waals surface area contributed by atoms with Crippen molar-refractivity contribution < 1.29 is 4.57 Å². The monoisotopic (exact) mass is 314 g/mol.